The Morgan fingerprint density at radius 3 is 2.24 bits per heavy atom. The van der Waals surface area contributed by atoms with Crippen molar-refractivity contribution in [1.29, 1.82) is 0 Å². The topological polar surface area (TPSA) is 47.4 Å². The van der Waals surface area contributed by atoms with Gasteiger partial charge in [0.25, 0.3) is 0 Å². The Kier molecular flexibility index (Phi) is 15.2. The molecule has 0 saturated heterocycles. The number of carbonyl (C=O) groups excluding carboxylic acids is 1. The highest BCUT2D eigenvalue weighted by Crippen LogP contribution is 2.19. The van der Waals surface area contributed by atoms with E-state index in [0.717, 1.165) is 41.1 Å². The number of rotatable bonds is 19. The van der Waals surface area contributed by atoms with Crippen LogP contribution in [-0.2, 0) is 17.8 Å². The van der Waals surface area contributed by atoms with Crippen LogP contribution in [0.1, 0.15) is 95.1 Å². The monoisotopic (exact) mass is 633 g/mol. The lowest BCUT2D eigenvalue weighted by Gasteiger charge is -2.11. The number of hydrogen-bond donors (Lipinski definition) is 1. The summed E-state index contributed by atoms with van der Waals surface area (Å²) in [6.45, 7) is 3.69. The summed E-state index contributed by atoms with van der Waals surface area (Å²) in [5, 5.41) is 3.13. The van der Waals surface area contributed by atoms with Crippen LogP contribution in [0.4, 0.5) is 5.69 Å². The van der Waals surface area contributed by atoms with Crippen molar-refractivity contribution in [3.8, 4) is 5.75 Å². The molecule has 0 atom stereocenters. The molecule has 0 saturated carbocycles. The van der Waals surface area contributed by atoms with E-state index in [1.807, 2.05) is 60.8 Å². The standard InChI is InChI=1S/C36H47N3O2.BrH/c1-2-3-4-5-6-7-8-9-10-11-12-17-25-41-34-22-18-19-31(26-34)27-36(40)37-35-23-14-13-20-32(35)28-38-29-33-21-15-16-24-39(33)30-38;/h13-16,18-24,26,29-30H,2-12,17,25,27-28H2,1H3;1H. The third-order valence-corrected chi connectivity index (χ3v) is 7.67. The molecule has 2 aromatic carbocycles. The van der Waals surface area contributed by atoms with Crippen molar-refractivity contribution in [3.63, 3.8) is 0 Å². The van der Waals surface area contributed by atoms with E-state index >= 15 is 0 Å². The van der Waals surface area contributed by atoms with Crippen LogP contribution in [-0.4, -0.2) is 17.1 Å². The Balaban J connectivity index is 0.00000484. The predicted molar refractivity (Wildman–Crippen MR) is 168 cm³/mol. The van der Waals surface area contributed by atoms with Gasteiger partial charge in [-0.3, -0.25) is 4.79 Å². The van der Waals surface area contributed by atoms with E-state index < -0.39 is 0 Å². The second-order valence-electron chi connectivity index (χ2n) is 11.2. The van der Waals surface area contributed by atoms with Crippen LogP contribution in [0.2, 0.25) is 0 Å². The fourth-order valence-electron chi connectivity index (χ4n) is 5.37. The van der Waals surface area contributed by atoms with Gasteiger partial charge < -0.3 is 27.0 Å². The molecular weight excluding hydrogens is 586 g/mol. The van der Waals surface area contributed by atoms with E-state index in [0.29, 0.717) is 13.0 Å². The molecule has 0 bridgehead atoms. The number of anilines is 1. The van der Waals surface area contributed by atoms with Crippen LogP contribution in [0, 0.1) is 0 Å². The molecule has 0 aliphatic carbocycles. The van der Waals surface area contributed by atoms with Crippen molar-refractivity contribution in [2.75, 3.05) is 11.9 Å². The summed E-state index contributed by atoms with van der Waals surface area (Å²) in [4.78, 5) is 13.0. The normalized spacial score (nSPS) is 10.9. The molecule has 0 unspecified atom stereocenters. The average molecular weight is 635 g/mol. The number of aromatic nitrogens is 2. The van der Waals surface area contributed by atoms with E-state index in [4.69, 9.17) is 4.74 Å². The number of imidazole rings is 1. The number of para-hydroxylation sites is 1. The summed E-state index contributed by atoms with van der Waals surface area (Å²) in [6.07, 6.45) is 22.6. The molecule has 0 aliphatic rings. The first-order valence-electron chi connectivity index (χ1n) is 15.8. The zero-order chi connectivity index (χ0) is 28.5. The van der Waals surface area contributed by atoms with Crippen LogP contribution < -0.4 is 31.4 Å². The Labute approximate surface area is 263 Å². The minimum Gasteiger partial charge on any atom is -1.00 e. The lowest BCUT2D eigenvalue weighted by Crippen LogP contribution is -3.00. The molecule has 0 aliphatic heterocycles. The second kappa shape index (κ2) is 19.1. The quantitative estimate of drug-likeness (QED) is 0.109. The highest BCUT2D eigenvalue weighted by Gasteiger charge is 2.12. The van der Waals surface area contributed by atoms with Crippen LogP contribution >= 0.6 is 0 Å². The lowest BCUT2D eigenvalue weighted by molar-refractivity contribution is -0.512. The molecule has 4 aromatic rings. The van der Waals surface area contributed by atoms with E-state index in [2.05, 4.69) is 45.9 Å². The molecule has 0 fully saturated rings. The van der Waals surface area contributed by atoms with Gasteiger partial charge in [0.05, 0.1) is 19.2 Å². The highest BCUT2D eigenvalue weighted by atomic mass is 79.9. The van der Waals surface area contributed by atoms with Gasteiger partial charge in [0, 0.05) is 11.3 Å². The number of unbranched alkanes of at least 4 members (excludes halogenated alkanes) is 11. The number of fused-ring (bicyclic) bond motifs is 1. The summed E-state index contributed by atoms with van der Waals surface area (Å²) in [6, 6.07) is 22.1. The fourth-order valence-corrected chi connectivity index (χ4v) is 5.37. The van der Waals surface area contributed by atoms with Gasteiger partial charge in [0.1, 0.15) is 18.5 Å². The molecule has 2 heterocycles. The first-order valence-corrected chi connectivity index (χ1v) is 15.8. The number of hydrogen-bond acceptors (Lipinski definition) is 2. The Morgan fingerprint density at radius 2 is 1.50 bits per heavy atom. The molecule has 42 heavy (non-hydrogen) atoms. The van der Waals surface area contributed by atoms with Crippen molar-refractivity contribution in [1.82, 2.24) is 4.57 Å². The molecule has 1 N–H and O–H groups in total. The van der Waals surface area contributed by atoms with Gasteiger partial charge in [-0.2, -0.15) is 0 Å². The maximum Gasteiger partial charge on any atom is 0.249 e. The van der Waals surface area contributed by atoms with Crippen LogP contribution in [0.5, 0.6) is 5.75 Å². The molecule has 4 rings (SSSR count). The van der Waals surface area contributed by atoms with Crippen molar-refractivity contribution >= 4 is 17.1 Å². The van der Waals surface area contributed by atoms with Gasteiger partial charge in [0.2, 0.25) is 12.2 Å². The molecule has 2 aromatic heterocycles. The minimum absolute atomic E-state index is 0. The maximum absolute atomic E-state index is 13.0. The number of nitrogens with zero attached hydrogens (tertiary/aromatic N) is 2. The highest BCUT2D eigenvalue weighted by molar-refractivity contribution is 5.93. The number of halogens is 1. The van der Waals surface area contributed by atoms with Gasteiger partial charge in [-0.15, -0.1) is 0 Å². The zero-order valence-electron chi connectivity index (χ0n) is 25.3. The molecule has 1 amide bonds. The zero-order valence-corrected chi connectivity index (χ0v) is 26.9. The average Bonchev–Trinajstić information content (AvgIpc) is 3.39. The molecule has 6 heteroatoms. The summed E-state index contributed by atoms with van der Waals surface area (Å²) in [7, 11) is 0. The lowest BCUT2D eigenvalue weighted by atomic mass is 10.1. The number of amides is 1. The van der Waals surface area contributed by atoms with Gasteiger partial charge in [-0.05, 0) is 42.3 Å². The molecule has 226 valence electrons. The summed E-state index contributed by atoms with van der Waals surface area (Å²) < 4.78 is 10.2. The Morgan fingerprint density at radius 1 is 0.810 bits per heavy atom. The second-order valence-corrected chi connectivity index (χ2v) is 11.2. The number of pyridine rings is 1. The SMILES string of the molecule is CCCCCCCCCCCCCCOc1cccc(CC(=O)Nc2ccccc2Cn2cc3cccc[n+]3c2)c1.[Br-]. The largest absolute Gasteiger partial charge is 1.00 e. The van der Waals surface area contributed by atoms with E-state index in [9.17, 15) is 4.79 Å². The number of nitrogens with one attached hydrogen (secondary N) is 1. The molecular formula is C36H48BrN3O2. The van der Waals surface area contributed by atoms with Crippen molar-refractivity contribution < 1.29 is 30.9 Å². The first-order chi connectivity index (χ1) is 20.2. The minimum atomic E-state index is -0.0254. The first kappa shape index (κ1) is 33.4. The van der Waals surface area contributed by atoms with E-state index in [-0.39, 0.29) is 22.9 Å². The number of ether oxygens (including phenoxy) is 1. The van der Waals surface area contributed by atoms with Crippen molar-refractivity contribution in [3.05, 3.63) is 96.6 Å². The third-order valence-electron chi connectivity index (χ3n) is 7.67. The number of carbonyl (C=O) groups is 1. The van der Waals surface area contributed by atoms with E-state index in [1.54, 1.807) is 0 Å². The van der Waals surface area contributed by atoms with Crippen LogP contribution in [0.15, 0.2) is 85.5 Å². The number of benzene rings is 2. The van der Waals surface area contributed by atoms with Crippen LogP contribution in [0.25, 0.3) is 5.52 Å². The maximum atomic E-state index is 13.0. The Hall–Kier alpha value is -3.12. The summed E-state index contributed by atoms with van der Waals surface area (Å²) >= 11 is 0. The van der Waals surface area contributed by atoms with Crippen LogP contribution in [0.3, 0.4) is 0 Å². The predicted octanol–water partition coefficient (Wildman–Crippen LogP) is 5.54. The Bertz CT molecular complexity index is 1300. The molecule has 0 spiro atoms. The van der Waals surface area contributed by atoms with E-state index in [1.165, 1.54) is 70.6 Å². The fraction of sp³-hybridized carbons (Fsp3) is 0.444. The molecule has 5 nitrogen and oxygen atoms in total. The van der Waals surface area contributed by atoms with Crippen molar-refractivity contribution in [2.24, 2.45) is 0 Å². The van der Waals surface area contributed by atoms with Gasteiger partial charge in [0.15, 0.2) is 5.52 Å². The van der Waals surface area contributed by atoms with Gasteiger partial charge in [-0.1, -0.05) is 114 Å². The summed E-state index contributed by atoms with van der Waals surface area (Å²) in [5.74, 6) is 0.818. The van der Waals surface area contributed by atoms with Gasteiger partial charge in [-0.25, -0.2) is 8.97 Å². The van der Waals surface area contributed by atoms with Crippen molar-refractivity contribution in [2.45, 2.75) is 96.9 Å². The summed E-state index contributed by atoms with van der Waals surface area (Å²) in [5.41, 5.74) is 4.01. The molecule has 0 radical (unpaired) electrons. The van der Waals surface area contributed by atoms with Gasteiger partial charge >= 0.3 is 0 Å². The smallest absolute Gasteiger partial charge is 0.249 e. The third kappa shape index (κ3) is 11.6.